The number of anilines is 1. The number of amides is 1. The Labute approximate surface area is 161 Å². The molecule has 27 heavy (non-hydrogen) atoms. The van der Waals surface area contributed by atoms with Crippen LogP contribution in [0.1, 0.15) is 29.0 Å². The number of hydrogen-bond donors (Lipinski definition) is 1. The Balaban J connectivity index is 1.64. The fourth-order valence-electron chi connectivity index (χ4n) is 4.16. The minimum Gasteiger partial charge on any atom is -0.343 e. The zero-order valence-corrected chi connectivity index (χ0v) is 16.1. The minimum absolute atomic E-state index is 0.00232. The molecule has 5 heteroatoms. The number of fused-ring (bicyclic) bond motifs is 1. The lowest BCUT2D eigenvalue weighted by Crippen LogP contribution is -2.55. The van der Waals surface area contributed by atoms with Gasteiger partial charge in [0, 0.05) is 38.8 Å². The number of hydrogen-bond acceptors (Lipinski definition) is 4. The number of carbonyl (C=O) groups excluding carboxylic acids is 1. The summed E-state index contributed by atoms with van der Waals surface area (Å²) < 4.78 is 0. The van der Waals surface area contributed by atoms with Crippen LogP contribution in [0.25, 0.3) is 0 Å². The highest BCUT2D eigenvalue weighted by atomic mass is 16.2. The normalized spacial score (nSPS) is 22.2. The van der Waals surface area contributed by atoms with Crippen molar-refractivity contribution >= 4 is 11.6 Å². The van der Waals surface area contributed by atoms with E-state index in [4.69, 9.17) is 0 Å². The van der Waals surface area contributed by atoms with Crippen molar-refractivity contribution in [1.29, 1.82) is 0 Å². The molecule has 0 radical (unpaired) electrons. The first-order valence-corrected chi connectivity index (χ1v) is 9.77. The molecular weight excluding hydrogens is 336 g/mol. The van der Waals surface area contributed by atoms with Crippen molar-refractivity contribution in [3.8, 4) is 0 Å². The molecule has 2 aromatic carbocycles. The molecule has 2 aliphatic rings. The molecule has 1 fully saturated rings. The first-order chi connectivity index (χ1) is 13.1. The van der Waals surface area contributed by atoms with Crippen molar-refractivity contribution in [2.45, 2.75) is 19.1 Å². The number of carbonyl (C=O) groups is 1. The summed E-state index contributed by atoms with van der Waals surface area (Å²) in [6, 6.07) is 18.5. The van der Waals surface area contributed by atoms with E-state index in [1.54, 1.807) is 0 Å². The summed E-state index contributed by atoms with van der Waals surface area (Å²) in [6.45, 7) is 7.67. The van der Waals surface area contributed by atoms with Gasteiger partial charge in [-0.15, -0.1) is 0 Å². The maximum Gasteiger partial charge on any atom is 0.255 e. The summed E-state index contributed by atoms with van der Waals surface area (Å²) in [5.41, 5.74) is 2.90. The highest BCUT2D eigenvalue weighted by molar-refractivity contribution is 6.02. The zero-order chi connectivity index (χ0) is 18.8. The van der Waals surface area contributed by atoms with E-state index in [-0.39, 0.29) is 18.1 Å². The number of nitrogens with zero attached hydrogens (tertiary/aromatic N) is 3. The third kappa shape index (κ3) is 3.70. The van der Waals surface area contributed by atoms with Crippen LogP contribution in [-0.2, 0) is 0 Å². The summed E-state index contributed by atoms with van der Waals surface area (Å²) in [5, 5.41) is 3.22. The Bertz CT molecular complexity index is 786. The molecule has 1 N–H and O–H groups in total. The Morgan fingerprint density at radius 1 is 1.00 bits per heavy atom. The molecule has 5 nitrogen and oxygen atoms in total. The van der Waals surface area contributed by atoms with Crippen LogP contribution in [-0.4, -0.2) is 61.5 Å². The van der Waals surface area contributed by atoms with E-state index in [2.05, 4.69) is 52.2 Å². The van der Waals surface area contributed by atoms with E-state index >= 15 is 0 Å². The van der Waals surface area contributed by atoms with E-state index in [1.165, 1.54) is 0 Å². The van der Waals surface area contributed by atoms with Gasteiger partial charge in [0.25, 0.3) is 5.91 Å². The van der Waals surface area contributed by atoms with Crippen molar-refractivity contribution in [2.75, 3.05) is 44.7 Å². The lowest BCUT2D eigenvalue weighted by Gasteiger charge is -2.45. The van der Waals surface area contributed by atoms with Gasteiger partial charge in [0.2, 0.25) is 0 Å². The van der Waals surface area contributed by atoms with Crippen LogP contribution in [0.3, 0.4) is 0 Å². The molecule has 1 amide bonds. The predicted octanol–water partition coefficient (Wildman–Crippen LogP) is 2.57. The van der Waals surface area contributed by atoms with Crippen molar-refractivity contribution in [2.24, 2.45) is 0 Å². The molecule has 142 valence electrons. The maximum atomic E-state index is 12.7. The molecule has 0 spiro atoms. The second kappa shape index (κ2) is 7.71. The number of benzene rings is 2. The lowest BCUT2D eigenvalue weighted by molar-refractivity contribution is 0.0919. The second-order valence-corrected chi connectivity index (χ2v) is 7.66. The van der Waals surface area contributed by atoms with Crippen LogP contribution >= 0.6 is 0 Å². The van der Waals surface area contributed by atoms with Crippen molar-refractivity contribution < 1.29 is 4.79 Å². The summed E-state index contributed by atoms with van der Waals surface area (Å²) in [7, 11) is 2.18. The second-order valence-electron chi connectivity index (χ2n) is 7.66. The average molecular weight is 364 g/mol. The highest BCUT2D eigenvalue weighted by Crippen LogP contribution is 2.34. The predicted molar refractivity (Wildman–Crippen MR) is 109 cm³/mol. The Kier molecular flexibility index (Phi) is 5.14. The summed E-state index contributed by atoms with van der Waals surface area (Å²) >= 11 is 0. The number of nitrogens with one attached hydrogen (secondary N) is 1. The monoisotopic (exact) mass is 364 g/mol. The van der Waals surface area contributed by atoms with E-state index in [0.717, 1.165) is 49.5 Å². The smallest absolute Gasteiger partial charge is 0.255 e. The molecule has 0 saturated carbocycles. The number of piperazine rings is 1. The molecule has 1 saturated heterocycles. The molecular formula is C22H28N4O. The maximum absolute atomic E-state index is 12.7. The fraction of sp³-hybridized carbons (Fsp3) is 0.409. The molecule has 2 aliphatic heterocycles. The van der Waals surface area contributed by atoms with E-state index in [9.17, 15) is 4.79 Å². The van der Waals surface area contributed by atoms with Crippen LogP contribution in [0.2, 0.25) is 0 Å². The lowest BCUT2D eigenvalue weighted by atomic mass is 10.0. The highest BCUT2D eigenvalue weighted by Gasteiger charge is 2.35. The summed E-state index contributed by atoms with van der Waals surface area (Å²) in [6.07, 6.45) is -0.143. The van der Waals surface area contributed by atoms with Crippen molar-refractivity contribution in [3.63, 3.8) is 0 Å². The van der Waals surface area contributed by atoms with Crippen molar-refractivity contribution in [3.05, 3.63) is 65.7 Å². The Morgan fingerprint density at radius 2 is 1.67 bits per heavy atom. The van der Waals surface area contributed by atoms with Gasteiger partial charge >= 0.3 is 0 Å². The summed E-state index contributed by atoms with van der Waals surface area (Å²) in [5.74, 6) is 0.00232. The molecule has 2 unspecified atom stereocenters. The molecule has 0 aromatic heterocycles. The Morgan fingerprint density at radius 3 is 2.41 bits per heavy atom. The Hall–Kier alpha value is -2.37. The van der Waals surface area contributed by atoms with Gasteiger partial charge in [0.05, 0.1) is 11.3 Å². The molecule has 2 atom stereocenters. The third-order valence-corrected chi connectivity index (χ3v) is 5.68. The first-order valence-electron chi connectivity index (χ1n) is 9.77. The van der Waals surface area contributed by atoms with E-state index < -0.39 is 0 Å². The van der Waals surface area contributed by atoms with Crippen LogP contribution in [0.4, 0.5) is 5.69 Å². The van der Waals surface area contributed by atoms with Gasteiger partial charge in [-0.05, 0) is 31.7 Å². The van der Waals surface area contributed by atoms with E-state index in [0.29, 0.717) is 0 Å². The van der Waals surface area contributed by atoms with Crippen LogP contribution in [0.5, 0.6) is 0 Å². The molecule has 4 rings (SSSR count). The molecule has 2 heterocycles. The SMILES string of the molecule is CC(CN1CCN(C)CC1)N1c2ccccc2C(=O)NC1c1ccccc1. The molecule has 0 bridgehead atoms. The summed E-state index contributed by atoms with van der Waals surface area (Å²) in [4.78, 5) is 20.0. The van der Waals surface area contributed by atoms with Crippen LogP contribution in [0, 0.1) is 0 Å². The standard InChI is InChI=1S/C22H28N4O/c1-17(16-25-14-12-24(2)13-15-25)26-20-11-7-6-10-19(20)22(27)23-21(26)18-8-4-3-5-9-18/h3-11,17,21H,12-16H2,1-2H3,(H,23,27). The van der Waals surface area contributed by atoms with E-state index in [1.807, 2.05) is 36.4 Å². The fourth-order valence-corrected chi connectivity index (χ4v) is 4.16. The van der Waals surface area contributed by atoms with Gasteiger partial charge in [0.15, 0.2) is 0 Å². The van der Waals surface area contributed by atoms with Crippen LogP contribution < -0.4 is 10.2 Å². The zero-order valence-electron chi connectivity index (χ0n) is 16.1. The van der Waals surface area contributed by atoms with Gasteiger partial charge in [-0.2, -0.15) is 0 Å². The number of para-hydroxylation sites is 1. The number of rotatable bonds is 4. The average Bonchev–Trinajstić information content (AvgIpc) is 2.70. The molecule has 2 aromatic rings. The quantitative estimate of drug-likeness (QED) is 0.905. The van der Waals surface area contributed by atoms with Gasteiger partial charge in [-0.25, -0.2) is 0 Å². The number of likely N-dealkylation sites (N-methyl/N-ethyl adjacent to an activating group) is 1. The van der Waals surface area contributed by atoms with Gasteiger partial charge in [0.1, 0.15) is 6.17 Å². The largest absolute Gasteiger partial charge is 0.343 e. The first kappa shape index (κ1) is 18.0. The van der Waals surface area contributed by atoms with Crippen LogP contribution in [0.15, 0.2) is 54.6 Å². The molecule has 0 aliphatic carbocycles. The van der Waals surface area contributed by atoms with Crippen molar-refractivity contribution in [1.82, 2.24) is 15.1 Å². The van der Waals surface area contributed by atoms with Gasteiger partial charge < -0.3 is 15.1 Å². The third-order valence-electron chi connectivity index (χ3n) is 5.68. The van der Waals surface area contributed by atoms with Gasteiger partial charge in [-0.3, -0.25) is 9.69 Å². The van der Waals surface area contributed by atoms with Gasteiger partial charge in [-0.1, -0.05) is 42.5 Å². The topological polar surface area (TPSA) is 38.8 Å². The minimum atomic E-state index is -0.143.